The monoisotopic (exact) mass is 379 g/mol. The van der Waals surface area contributed by atoms with Crippen LogP contribution in [0, 0.1) is 0 Å². The number of nitrogens with zero attached hydrogens (tertiary/aromatic N) is 1. The van der Waals surface area contributed by atoms with E-state index in [4.69, 9.17) is 0 Å². The summed E-state index contributed by atoms with van der Waals surface area (Å²) in [6.07, 6.45) is 1.11. The molecule has 1 aliphatic rings. The van der Waals surface area contributed by atoms with Crippen LogP contribution in [0.25, 0.3) is 10.8 Å². The van der Waals surface area contributed by atoms with Gasteiger partial charge in [0.05, 0.1) is 0 Å². The smallest absolute Gasteiger partial charge is 0.140 e. The first kappa shape index (κ1) is 18.1. The third-order valence-electron chi connectivity index (χ3n) is 6.36. The van der Waals surface area contributed by atoms with Crippen molar-refractivity contribution in [3.05, 3.63) is 119 Å². The number of rotatable bonds is 4. The van der Waals surface area contributed by atoms with Gasteiger partial charge in [0, 0.05) is 12.6 Å². The predicted molar refractivity (Wildman–Crippen MR) is 119 cm³/mol. The molecule has 0 radical (unpaired) electrons. The fourth-order valence-electron chi connectivity index (χ4n) is 4.69. The van der Waals surface area contributed by atoms with Gasteiger partial charge in [0.1, 0.15) is 5.60 Å². The first-order chi connectivity index (χ1) is 14.2. The average Bonchev–Trinajstić information content (AvgIpc) is 2.79. The molecule has 5 rings (SSSR count). The van der Waals surface area contributed by atoms with Crippen LogP contribution in [-0.2, 0) is 5.60 Å². The van der Waals surface area contributed by atoms with Crippen molar-refractivity contribution < 1.29 is 5.11 Å². The third-order valence-corrected chi connectivity index (χ3v) is 6.36. The molecule has 1 atom stereocenters. The van der Waals surface area contributed by atoms with E-state index in [0.717, 1.165) is 29.7 Å². The lowest BCUT2D eigenvalue weighted by atomic mass is 9.74. The van der Waals surface area contributed by atoms with E-state index in [2.05, 4.69) is 48.3 Å². The van der Waals surface area contributed by atoms with Crippen molar-refractivity contribution >= 4 is 10.8 Å². The minimum absolute atomic E-state index is 0.315. The molecule has 1 heterocycles. The van der Waals surface area contributed by atoms with Crippen molar-refractivity contribution in [2.45, 2.75) is 18.1 Å². The molecule has 4 aromatic rings. The van der Waals surface area contributed by atoms with Gasteiger partial charge in [-0.15, -0.1) is 0 Å². The lowest BCUT2D eigenvalue weighted by molar-refractivity contribution is 0.105. The lowest BCUT2D eigenvalue weighted by Gasteiger charge is -2.42. The Kier molecular flexibility index (Phi) is 4.46. The number of hydrogen-bond donors (Lipinski definition) is 1. The molecule has 2 nitrogen and oxygen atoms in total. The molecule has 144 valence electrons. The minimum Gasteiger partial charge on any atom is -0.376 e. The Balaban J connectivity index is 1.85. The summed E-state index contributed by atoms with van der Waals surface area (Å²) in [5, 5.41) is 14.8. The maximum absolute atomic E-state index is 12.4. The summed E-state index contributed by atoms with van der Waals surface area (Å²) in [6.45, 7) is 1.09. The summed E-state index contributed by atoms with van der Waals surface area (Å²) < 4.78 is 0. The Bertz CT molecular complexity index is 1100. The van der Waals surface area contributed by atoms with Gasteiger partial charge >= 0.3 is 0 Å². The Labute approximate surface area is 172 Å². The summed E-state index contributed by atoms with van der Waals surface area (Å²) in [4.78, 5) is 2.38. The van der Waals surface area contributed by atoms with Gasteiger partial charge in [-0.25, -0.2) is 0 Å². The highest BCUT2D eigenvalue weighted by molar-refractivity contribution is 5.88. The number of hydrogen-bond acceptors (Lipinski definition) is 2. The molecule has 0 saturated carbocycles. The molecular formula is C27H25NO. The molecule has 1 unspecified atom stereocenters. The number of fused-ring (bicyclic) bond motifs is 1. The largest absolute Gasteiger partial charge is 0.376 e. The molecule has 1 fully saturated rings. The second-order valence-corrected chi connectivity index (χ2v) is 7.98. The van der Waals surface area contributed by atoms with Crippen LogP contribution in [0.4, 0.5) is 0 Å². The van der Waals surface area contributed by atoms with Crippen LogP contribution in [0.2, 0.25) is 0 Å². The summed E-state index contributed by atoms with van der Waals surface area (Å²) in [6, 6.07) is 33.2. The quantitative estimate of drug-likeness (QED) is 0.473. The van der Waals surface area contributed by atoms with Crippen molar-refractivity contribution in [2.24, 2.45) is 0 Å². The first-order valence-corrected chi connectivity index (χ1v) is 10.3. The molecule has 2 heteroatoms. The summed E-state index contributed by atoms with van der Waals surface area (Å²) in [5.41, 5.74) is 2.80. The van der Waals surface area contributed by atoms with Crippen LogP contribution >= 0.6 is 0 Å². The van der Waals surface area contributed by atoms with Crippen molar-refractivity contribution in [3.63, 3.8) is 0 Å². The first-order valence-electron chi connectivity index (χ1n) is 10.3. The van der Waals surface area contributed by atoms with Gasteiger partial charge in [-0.1, -0.05) is 97.1 Å². The molecule has 0 amide bonds. The zero-order chi connectivity index (χ0) is 19.8. The molecular weight excluding hydrogens is 354 g/mol. The van der Waals surface area contributed by atoms with Crippen LogP contribution in [0.1, 0.15) is 34.7 Å². The van der Waals surface area contributed by atoms with E-state index < -0.39 is 5.60 Å². The Morgan fingerprint density at radius 1 is 0.759 bits per heavy atom. The van der Waals surface area contributed by atoms with E-state index in [1.54, 1.807) is 0 Å². The number of aliphatic hydroxyl groups is 1. The number of likely N-dealkylation sites (tertiary alicyclic amines) is 1. The molecule has 1 N–H and O–H groups in total. The normalized spacial score (nSPS) is 17.2. The topological polar surface area (TPSA) is 23.5 Å². The van der Waals surface area contributed by atoms with Gasteiger partial charge in [-0.3, -0.25) is 4.90 Å². The van der Waals surface area contributed by atoms with E-state index in [0.29, 0.717) is 6.04 Å². The van der Waals surface area contributed by atoms with Gasteiger partial charge in [0.2, 0.25) is 0 Å². The van der Waals surface area contributed by atoms with Gasteiger partial charge in [0.15, 0.2) is 0 Å². The fraction of sp³-hybridized carbons (Fsp3) is 0.185. The van der Waals surface area contributed by atoms with Crippen LogP contribution in [0.3, 0.4) is 0 Å². The second-order valence-electron chi connectivity index (χ2n) is 7.98. The van der Waals surface area contributed by atoms with Gasteiger partial charge < -0.3 is 5.11 Å². The molecule has 1 aliphatic heterocycles. The Morgan fingerprint density at radius 3 is 1.90 bits per heavy atom. The maximum atomic E-state index is 12.4. The average molecular weight is 380 g/mol. The van der Waals surface area contributed by atoms with Crippen molar-refractivity contribution in [1.29, 1.82) is 0 Å². The van der Waals surface area contributed by atoms with Crippen molar-refractivity contribution in [1.82, 2.24) is 4.90 Å². The van der Waals surface area contributed by atoms with E-state index in [9.17, 15) is 5.11 Å². The van der Waals surface area contributed by atoms with Crippen LogP contribution in [-0.4, -0.2) is 23.6 Å². The van der Waals surface area contributed by atoms with Crippen LogP contribution in [0.5, 0.6) is 0 Å². The Hall–Kier alpha value is -2.94. The third kappa shape index (κ3) is 2.88. The molecule has 1 saturated heterocycles. The highest BCUT2D eigenvalue weighted by Crippen LogP contribution is 2.46. The standard InChI is InChI=1S/C27H25NO/c1-28-19-18-25(28)26-23-15-9-8-10-20(23)16-17-24(26)27(29,21-11-4-2-5-12-21)22-13-6-3-7-14-22/h2-17,25,29H,18-19H2,1H3. The lowest BCUT2D eigenvalue weighted by Crippen LogP contribution is -2.40. The summed E-state index contributed by atoms with van der Waals surface area (Å²) in [7, 11) is 2.17. The SMILES string of the molecule is CN1CCC1c1c(C(O)(c2ccccc2)c2ccccc2)ccc2ccccc12. The van der Waals surface area contributed by atoms with Crippen molar-refractivity contribution in [3.8, 4) is 0 Å². The van der Waals surface area contributed by atoms with Gasteiger partial charge in [-0.2, -0.15) is 0 Å². The molecule has 0 bridgehead atoms. The molecule has 4 aromatic carbocycles. The van der Waals surface area contributed by atoms with Gasteiger partial charge in [-0.05, 0) is 46.5 Å². The highest BCUT2D eigenvalue weighted by Gasteiger charge is 2.39. The number of benzene rings is 4. The van der Waals surface area contributed by atoms with E-state index >= 15 is 0 Å². The van der Waals surface area contributed by atoms with E-state index in [-0.39, 0.29) is 0 Å². The summed E-state index contributed by atoms with van der Waals surface area (Å²) >= 11 is 0. The second kappa shape index (κ2) is 7.14. The highest BCUT2D eigenvalue weighted by atomic mass is 16.3. The fourth-order valence-corrected chi connectivity index (χ4v) is 4.69. The molecule has 29 heavy (non-hydrogen) atoms. The van der Waals surface area contributed by atoms with E-state index in [1.165, 1.54) is 16.3 Å². The van der Waals surface area contributed by atoms with E-state index in [1.807, 2.05) is 60.7 Å². The maximum Gasteiger partial charge on any atom is 0.140 e. The summed E-state index contributed by atoms with van der Waals surface area (Å²) in [5.74, 6) is 0. The molecule has 0 spiro atoms. The minimum atomic E-state index is -1.21. The molecule has 0 aromatic heterocycles. The predicted octanol–water partition coefficient (Wildman–Crippen LogP) is 5.50. The van der Waals surface area contributed by atoms with Crippen LogP contribution < -0.4 is 0 Å². The van der Waals surface area contributed by atoms with Crippen LogP contribution in [0.15, 0.2) is 97.1 Å². The zero-order valence-corrected chi connectivity index (χ0v) is 16.6. The van der Waals surface area contributed by atoms with Gasteiger partial charge in [0.25, 0.3) is 0 Å². The zero-order valence-electron chi connectivity index (χ0n) is 16.6. The molecule has 0 aliphatic carbocycles. The Morgan fingerprint density at radius 2 is 1.34 bits per heavy atom. The van der Waals surface area contributed by atoms with Crippen molar-refractivity contribution in [2.75, 3.05) is 13.6 Å².